The average molecular weight is 317 g/mol. The van der Waals surface area contributed by atoms with E-state index in [0.29, 0.717) is 15.8 Å². The molecule has 1 amide bonds. The van der Waals surface area contributed by atoms with Crippen LogP contribution in [0.15, 0.2) is 23.4 Å². The molecule has 0 spiro atoms. The molecule has 1 aromatic heterocycles. The van der Waals surface area contributed by atoms with Gasteiger partial charge in [-0.3, -0.25) is 4.79 Å². The molecule has 0 fully saturated rings. The van der Waals surface area contributed by atoms with Crippen LogP contribution in [-0.4, -0.2) is 36.9 Å². The number of sulfonamides is 1. The third-order valence-corrected chi connectivity index (χ3v) is 4.13. The maximum Gasteiger partial charge on any atom is 0.254 e. The lowest BCUT2D eigenvalue weighted by Crippen LogP contribution is -2.27. The Morgan fingerprint density at radius 2 is 2.20 bits per heavy atom. The summed E-state index contributed by atoms with van der Waals surface area (Å²) in [6, 6.07) is 3.40. The largest absolute Gasteiger partial charge is 0.352 e. The quantitative estimate of drug-likeness (QED) is 0.577. The highest BCUT2D eigenvalue weighted by Gasteiger charge is 2.13. The molecule has 1 heterocycles. The van der Waals surface area contributed by atoms with Gasteiger partial charge in [-0.25, -0.2) is 18.5 Å². The fourth-order valence-electron chi connectivity index (χ4n) is 1.45. The Kier molecular flexibility index (Phi) is 6.44. The summed E-state index contributed by atoms with van der Waals surface area (Å²) in [6.07, 6.45) is 1.93. The molecule has 112 valence electrons. The van der Waals surface area contributed by atoms with E-state index in [2.05, 4.69) is 10.3 Å². The first-order chi connectivity index (χ1) is 9.29. The summed E-state index contributed by atoms with van der Waals surface area (Å²) >= 11 is 1.51. The summed E-state index contributed by atoms with van der Waals surface area (Å²) in [6.45, 7) is 4.30. The van der Waals surface area contributed by atoms with Crippen molar-refractivity contribution in [1.82, 2.24) is 10.3 Å². The topological polar surface area (TPSA) is 102 Å². The van der Waals surface area contributed by atoms with Gasteiger partial charge in [0.2, 0.25) is 10.0 Å². The third-order valence-electron chi connectivity index (χ3n) is 2.25. The number of rotatable bonds is 7. The zero-order valence-electron chi connectivity index (χ0n) is 11.5. The number of amides is 1. The van der Waals surface area contributed by atoms with Crippen LogP contribution in [0.2, 0.25) is 0 Å². The van der Waals surface area contributed by atoms with Crippen LogP contribution in [0.25, 0.3) is 0 Å². The van der Waals surface area contributed by atoms with E-state index in [1.54, 1.807) is 18.3 Å². The van der Waals surface area contributed by atoms with Crippen LogP contribution in [0.5, 0.6) is 0 Å². The maximum absolute atomic E-state index is 12.0. The van der Waals surface area contributed by atoms with Crippen molar-refractivity contribution in [2.45, 2.75) is 30.5 Å². The molecule has 1 rings (SSSR count). The number of hydrogen-bond donors (Lipinski definition) is 2. The second kappa shape index (κ2) is 7.61. The van der Waals surface area contributed by atoms with E-state index >= 15 is 0 Å². The highest BCUT2D eigenvalue weighted by Crippen LogP contribution is 2.23. The summed E-state index contributed by atoms with van der Waals surface area (Å²) in [7, 11) is -3.48. The minimum Gasteiger partial charge on any atom is -0.352 e. The van der Waals surface area contributed by atoms with Gasteiger partial charge in [-0.2, -0.15) is 0 Å². The van der Waals surface area contributed by atoms with Gasteiger partial charge in [0, 0.05) is 18.0 Å². The number of nitrogens with two attached hydrogens (primary N) is 1. The highest BCUT2D eigenvalue weighted by atomic mass is 32.2. The zero-order valence-corrected chi connectivity index (χ0v) is 13.1. The van der Waals surface area contributed by atoms with Gasteiger partial charge in [0.1, 0.15) is 5.03 Å². The smallest absolute Gasteiger partial charge is 0.254 e. The van der Waals surface area contributed by atoms with Crippen LogP contribution in [0.4, 0.5) is 0 Å². The lowest BCUT2D eigenvalue weighted by molar-refractivity contribution is 0.0950. The number of hydrogen-bond acceptors (Lipinski definition) is 5. The normalized spacial score (nSPS) is 11.6. The van der Waals surface area contributed by atoms with Crippen molar-refractivity contribution < 1.29 is 13.2 Å². The number of aromatic nitrogens is 1. The SMILES string of the molecule is CC(C)Sc1ncccc1C(=O)NCCCS(N)(=O)=O. The van der Waals surface area contributed by atoms with Gasteiger partial charge in [-0.1, -0.05) is 13.8 Å². The second-order valence-corrected chi connectivity index (χ2v) is 7.80. The third kappa shape index (κ3) is 6.36. The first-order valence-electron chi connectivity index (χ1n) is 6.20. The Labute approximate surface area is 123 Å². The van der Waals surface area contributed by atoms with Crippen molar-refractivity contribution in [3.63, 3.8) is 0 Å². The number of carbonyl (C=O) groups is 1. The van der Waals surface area contributed by atoms with E-state index in [1.807, 2.05) is 13.8 Å². The molecule has 0 bridgehead atoms. The maximum atomic E-state index is 12.0. The van der Waals surface area contributed by atoms with E-state index in [0.717, 1.165) is 0 Å². The number of primary sulfonamides is 1. The molecule has 0 aromatic carbocycles. The molecule has 0 saturated heterocycles. The summed E-state index contributed by atoms with van der Waals surface area (Å²) in [4.78, 5) is 16.2. The van der Waals surface area contributed by atoms with Gasteiger partial charge in [0.15, 0.2) is 0 Å². The number of carbonyl (C=O) groups excluding carboxylic acids is 1. The minimum atomic E-state index is -3.48. The molecule has 8 heteroatoms. The van der Waals surface area contributed by atoms with Crippen molar-refractivity contribution in [2.75, 3.05) is 12.3 Å². The van der Waals surface area contributed by atoms with Crippen LogP contribution in [0, 0.1) is 0 Å². The molecule has 0 unspecified atom stereocenters. The van der Waals surface area contributed by atoms with Crippen molar-refractivity contribution in [2.24, 2.45) is 5.14 Å². The molecule has 1 aromatic rings. The Balaban J connectivity index is 2.59. The summed E-state index contributed by atoms with van der Waals surface area (Å²) in [5, 5.41) is 8.55. The molecule has 20 heavy (non-hydrogen) atoms. The van der Waals surface area contributed by atoms with Gasteiger partial charge < -0.3 is 5.32 Å². The van der Waals surface area contributed by atoms with Crippen molar-refractivity contribution in [1.29, 1.82) is 0 Å². The van der Waals surface area contributed by atoms with E-state index in [4.69, 9.17) is 5.14 Å². The first kappa shape index (κ1) is 16.9. The Morgan fingerprint density at radius 1 is 1.50 bits per heavy atom. The van der Waals surface area contributed by atoms with Gasteiger partial charge >= 0.3 is 0 Å². The average Bonchev–Trinajstić information content (AvgIpc) is 2.33. The van der Waals surface area contributed by atoms with Crippen LogP contribution in [-0.2, 0) is 10.0 Å². The fraction of sp³-hybridized carbons (Fsp3) is 0.500. The Bertz CT molecular complexity index is 559. The summed E-state index contributed by atoms with van der Waals surface area (Å²) in [5.41, 5.74) is 0.502. The number of thioether (sulfide) groups is 1. The minimum absolute atomic E-state index is 0.145. The summed E-state index contributed by atoms with van der Waals surface area (Å²) in [5.74, 6) is -0.399. The first-order valence-corrected chi connectivity index (χ1v) is 8.79. The molecule has 0 saturated carbocycles. The number of nitrogens with zero attached hydrogens (tertiary/aromatic N) is 1. The fourth-order valence-corrected chi connectivity index (χ4v) is 2.85. The molecule has 0 radical (unpaired) electrons. The highest BCUT2D eigenvalue weighted by molar-refractivity contribution is 7.99. The van der Waals surface area contributed by atoms with Crippen LogP contribution < -0.4 is 10.5 Å². The van der Waals surface area contributed by atoms with Crippen LogP contribution >= 0.6 is 11.8 Å². The van der Waals surface area contributed by atoms with E-state index in [1.165, 1.54) is 11.8 Å². The lowest BCUT2D eigenvalue weighted by atomic mass is 10.2. The lowest BCUT2D eigenvalue weighted by Gasteiger charge is -2.10. The second-order valence-electron chi connectivity index (χ2n) is 4.50. The van der Waals surface area contributed by atoms with Gasteiger partial charge in [-0.05, 0) is 18.6 Å². The molecule has 0 aliphatic carbocycles. The molecule has 0 atom stereocenters. The summed E-state index contributed by atoms with van der Waals surface area (Å²) < 4.78 is 21.5. The Morgan fingerprint density at radius 3 is 2.80 bits per heavy atom. The van der Waals surface area contributed by atoms with Crippen molar-refractivity contribution in [3.8, 4) is 0 Å². The molecule has 6 nitrogen and oxygen atoms in total. The molecule has 0 aliphatic rings. The molecule has 3 N–H and O–H groups in total. The predicted molar refractivity (Wildman–Crippen MR) is 80.2 cm³/mol. The van der Waals surface area contributed by atoms with E-state index in [9.17, 15) is 13.2 Å². The van der Waals surface area contributed by atoms with Crippen LogP contribution in [0.1, 0.15) is 30.6 Å². The molecule has 0 aliphatic heterocycles. The molecular formula is C12H19N3O3S2. The monoisotopic (exact) mass is 317 g/mol. The van der Waals surface area contributed by atoms with Gasteiger partial charge in [0.25, 0.3) is 5.91 Å². The van der Waals surface area contributed by atoms with E-state index < -0.39 is 10.0 Å². The number of pyridine rings is 1. The standard InChI is InChI=1S/C12H19N3O3S2/c1-9(2)19-12-10(5-3-6-15-12)11(16)14-7-4-8-20(13,17)18/h3,5-6,9H,4,7-8H2,1-2H3,(H,14,16)(H2,13,17,18). The van der Waals surface area contributed by atoms with Crippen molar-refractivity contribution in [3.05, 3.63) is 23.9 Å². The van der Waals surface area contributed by atoms with E-state index in [-0.39, 0.29) is 24.6 Å². The predicted octanol–water partition coefficient (Wildman–Crippen LogP) is 0.990. The van der Waals surface area contributed by atoms with Crippen molar-refractivity contribution >= 4 is 27.7 Å². The van der Waals surface area contributed by atoms with Crippen LogP contribution in [0.3, 0.4) is 0 Å². The van der Waals surface area contributed by atoms with Gasteiger partial charge in [-0.15, -0.1) is 11.8 Å². The molecular weight excluding hydrogens is 298 g/mol. The Hall–Kier alpha value is -1.12. The zero-order chi connectivity index (χ0) is 15.2. The number of nitrogens with one attached hydrogen (secondary N) is 1. The van der Waals surface area contributed by atoms with Gasteiger partial charge in [0.05, 0.1) is 11.3 Å².